The number of halogens is 1. The summed E-state index contributed by atoms with van der Waals surface area (Å²) < 4.78 is 4.94. The van der Waals surface area contributed by atoms with E-state index < -0.39 is 36.0 Å². The number of hydrogen-bond acceptors (Lipinski definition) is 5. The van der Waals surface area contributed by atoms with Crippen LogP contribution >= 0.6 is 15.9 Å². The van der Waals surface area contributed by atoms with Gasteiger partial charge in [0.25, 0.3) is 0 Å². The van der Waals surface area contributed by atoms with Gasteiger partial charge in [0.15, 0.2) is 0 Å². The van der Waals surface area contributed by atoms with E-state index in [9.17, 15) is 10.2 Å². The Morgan fingerprint density at radius 1 is 1.08 bits per heavy atom. The number of hydrogen-bond donors (Lipinski definition) is 4. The molecule has 0 aromatic heterocycles. The van der Waals surface area contributed by atoms with Gasteiger partial charge >= 0.3 is 0 Å². The third-order valence-corrected chi connectivity index (χ3v) is 2.59. The standard InChI is InChI=1S/C6H11BrO5/c7-6-5(11)4(10)3(9)2(1-8)12-6/h2-6,8-11H,1H2/t2-,3-,4+,5-,6-/m1/s1. The molecule has 4 N–H and O–H groups in total. The average molecular weight is 243 g/mol. The van der Waals surface area contributed by atoms with Crippen LogP contribution in [0.4, 0.5) is 0 Å². The lowest BCUT2D eigenvalue weighted by atomic mass is 10.0. The highest BCUT2D eigenvalue weighted by Crippen LogP contribution is 2.24. The molecule has 12 heavy (non-hydrogen) atoms. The first kappa shape index (κ1) is 10.4. The highest BCUT2D eigenvalue weighted by Gasteiger charge is 2.42. The molecule has 0 aromatic carbocycles. The topological polar surface area (TPSA) is 90.2 Å². The van der Waals surface area contributed by atoms with Crippen molar-refractivity contribution in [1.82, 2.24) is 0 Å². The maximum atomic E-state index is 9.21. The first-order valence-electron chi connectivity index (χ1n) is 3.52. The van der Waals surface area contributed by atoms with Gasteiger partial charge in [0.2, 0.25) is 0 Å². The number of aliphatic hydroxyl groups excluding tert-OH is 4. The molecule has 1 fully saturated rings. The second-order valence-corrected chi connectivity index (χ2v) is 3.58. The molecule has 1 saturated heterocycles. The number of rotatable bonds is 1. The van der Waals surface area contributed by atoms with Gasteiger partial charge in [0.05, 0.1) is 6.61 Å². The quantitative estimate of drug-likeness (QED) is 0.407. The lowest BCUT2D eigenvalue weighted by Gasteiger charge is -2.37. The molecule has 0 saturated carbocycles. The Hall–Kier alpha value is 0.280. The van der Waals surface area contributed by atoms with Crippen molar-refractivity contribution in [1.29, 1.82) is 0 Å². The molecule has 5 nitrogen and oxygen atoms in total. The van der Waals surface area contributed by atoms with Crippen molar-refractivity contribution in [2.45, 2.75) is 29.4 Å². The molecule has 72 valence electrons. The summed E-state index contributed by atoms with van der Waals surface area (Å²) in [6, 6.07) is 0. The summed E-state index contributed by atoms with van der Waals surface area (Å²) >= 11 is 2.95. The maximum Gasteiger partial charge on any atom is 0.141 e. The lowest BCUT2D eigenvalue weighted by molar-refractivity contribution is -0.203. The molecule has 0 amide bonds. The molecule has 1 heterocycles. The lowest BCUT2D eigenvalue weighted by Crippen LogP contribution is -2.56. The molecule has 0 unspecified atom stereocenters. The van der Waals surface area contributed by atoms with Gasteiger partial charge < -0.3 is 25.2 Å². The average Bonchev–Trinajstić information content (AvgIpc) is 2.08. The Balaban J connectivity index is 2.63. The summed E-state index contributed by atoms with van der Waals surface area (Å²) in [5.74, 6) is 0. The SMILES string of the molecule is OC[C@H]1O[C@@H](Br)[C@H](O)[C@@H](O)[C@@H]1O. The van der Waals surface area contributed by atoms with Crippen LogP contribution in [0.3, 0.4) is 0 Å². The van der Waals surface area contributed by atoms with Gasteiger partial charge in [-0.05, 0) is 0 Å². The van der Waals surface area contributed by atoms with Crippen LogP contribution < -0.4 is 0 Å². The van der Waals surface area contributed by atoms with E-state index in [4.69, 9.17) is 14.9 Å². The normalized spacial score (nSPS) is 49.2. The molecule has 6 heteroatoms. The molecule has 0 bridgehead atoms. The summed E-state index contributed by atoms with van der Waals surface area (Å²) in [4.78, 5) is 0. The van der Waals surface area contributed by atoms with Crippen molar-refractivity contribution in [3.8, 4) is 0 Å². The molecule has 1 rings (SSSR count). The van der Waals surface area contributed by atoms with E-state index in [1.165, 1.54) is 0 Å². The fourth-order valence-electron chi connectivity index (χ4n) is 1.06. The monoisotopic (exact) mass is 242 g/mol. The van der Waals surface area contributed by atoms with Gasteiger partial charge in [-0.2, -0.15) is 0 Å². The maximum absolute atomic E-state index is 9.21. The largest absolute Gasteiger partial charge is 0.394 e. The second kappa shape index (κ2) is 3.99. The molecule has 0 aromatic rings. The molecular weight excluding hydrogens is 232 g/mol. The summed E-state index contributed by atoms with van der Waals surface area (Å²) in [6.07, 6.45) is -4.57. The Bertz CT molecular complexity index is 150. The van der Waals surface area contributed by atoms with Crippen LogP contribution in [-0.4, -0.2) is 56.5 Å². The third-order valence-electron chi connectivity index (χ3n) is 1.83. The zero-order chi connectivity index (χ0) is 9.30. The highest BCUT2D eigenvalue weighted by atomic mass is 79.9. The predicted molar refractivity (Wildman–Crippen MR) is 42.7 cm³/mol. The minimum atomic E-state index is -1.29. The van der Waals surface area contributed by atoms with Crippen molar-refractivity contribution in [3.05, 3.63) is 0 Å². The van der Waals surface area contributed by atoms with E-state index in [1.54, 1.807) is 0 Å². The van der Waals surface area contributed by atoms with Gasteiger partial charge in [-0.1, -0.05) is 15.9 Å². The van der Waals surface area contributed by atoms with E-state index in [0.717, 1.165) is 0 Å². The predicted octanol–water partition coefficient (Wildman–Crippen LogP) is -1.82. The van der Waals surface area contributed by atoms with Gasteiger partial charge in [-0.15, -0.1) is 0 Å². The van der Waals surface area contributed by atoms with Gasteiger partial charge in [-0.25, -0.2) is 0 Å². The van der Waals surface area contributed by atoms with E-state index in [0.29, 0.717) is 0 Å². The Kier molecular flexibility index (Phi) is 3.45. The summed E-state index contributed by atoms with van der Waals surface area (Å²) in [5, 5.41) is 35.5. The van der Waals surface area contributed by atoms with Crippen LogP contribution in [0, 0.1) is 0 Å². The highest BCUT2D eigenvalue weighted by molar-refractivity contribution is 9.09. The third kappa shape index (κ3) is 1.78. The van der Waals surface area contributed by atoms with Gasteiger partial charge in [0, 0.05) is 0 Å². The van der Waals surface area contributed by atoms with Crippen LogP contribution in [0.1, 0.15) is 0 Å². The molecule has 0 spiro atoms. The molecule has 0 aliphatic carbocycles. The molecule has 1 aliphatic heterocycles. The fourth-order valence-corrected chi connectivity index (χ4v) is 1.65. The Morgan fingerprint density at radius 2 is 1.67 bits per heavy atom. The molecule has 0 radical (unpaired) electrons. The number of ether oxygens (including phenoxy) is 1. The van der Waals surface area contributed by atoms with Crippen LogP contribution in [-0.2, 0) is 4.74 Å². The zero-order valence-electron chi connectivity index (χ0n) is 6.17. The van der Waals surface area contributed by atoms with Crippen LogP contribution in [0.2, 0.25) is 0 Å². The van der Waals surface area contributed by atoms with Crippen molar-refractivity contribution in [2.24, 2.45) is 0 Å². The van der Waals surface area contributed by atoms with Crippen LogP contribution in [0.5, 0.6) is 0 Å². The van der Waals surface area contributed by atoms with Crippen LogP contribution in [0.15, 0.2) is 0 Å². The van der Waals surface area contributed by atoms with Crippen molar-refractivity contribution in [3.63, 3.8) is 0 Å². The minimum Gasteiger partial charge on any atom is -0.394 e. The molecule has 1 aliphatic rings. The number of aliphatic hydroxyl groups is 4. The summed E-state index contributed by atoms with van der Waals surface area (Å²) in [5.41, 5.74) is 0. The fraction of sp³-hybridized carbons (Fsp3) is 1.00. The van der Waals surface area contributed by atoms with Crippen molar-refractivity contribution < 1.29 is 25.2 Å². The molecular formula is C6H11BrO5. The number of alkyl halides is 1. The summed E-state index contributed by atoms with van der Waals surface area (Å²) in [6.45, 7) is -0.396. The first-order chi connectivity index (χ1) is 5.57. The molecule has 5 atom stereocenters. The van der Waals surface area contributed by atoms with E-state index in [-0.39, 0.29) is 0 Å². The van der Waals surface area contributed by atoms with E-state index >= 15 is 0 Å². The van der Waals surface area contributed by atoms with Crippen molar-refractivity contribution >= 4 is 15.9 Å². The van der Waals surface area contributed by atoms with E-state index in [2.05, 4.69) is 15.9 Å². The second-order valence-electron chi connectivity index (χ2n) is 2.68. The first-order valence-corrected chi connectivity index (χ1v) is 4.44. The Morgan fingerprint density at radius 3 is 2.17 bits per heavy atom. The van der Waals surface area contributed by atoms with E-state index in [1.807, 2.05) is 0 Å². The van der Waals surface area contributed by atoms with Gasteiger partial charge in [0.1, 0.15) is 29.4 Å². The minimum absolute atomic E-state index is 0.396. The smallest absolute Gasteiger partial charge is 0.141 e. The van der Waals surface area contributed by atoms with Gasteiger partial charge in [-0.3, -0.25) is 0 Å². The zero-order valence-corrected chi connectivity index (χ0v) is 7.75. The van der Waals surface area contributed by atoms with Crippen LogP contribution in [0.25, 0.3) is 0 Å². The van der Waals surface area contributed by atoms with Crippen molar-refractivity contribution in [2.75, 3.05) is 6.61 Å². The Labute approximate surface area is 77.7 Å². The summed E-state index contributed by atoms with van der Waals surface area (Å²) in [7, 11) is 0.